The van der Waals surface area contributed by atoms with Gasteiger partial charge in [0.1, 0.15) is 11.6 Å². The van der Waals surface area contributed by atoms with E-state index in [-0.39, 0.29) is 23.6 Å². The lowest BCUT2D eigenvalue weighted by atomic mass is 9.82. The number of nitrogens with one attached hydrogen (secondary N) is 2. The molecule has 1 amide bonds. The van der Waals surface area contributed by atoms with Gasteiger partial charge in [-0.25, -0.2) is 14.4 Å². The monoisotopic (exact) mass is 424 g/mol. The molecule has 9 heteroatoms. The number of allylic oxidation sites excluding steroid dienone is 2. The van der Waals surface area contributed by atoms with Gasteiger partial charge in [0.2, 0.25) is 5.91 Å². The Morgan fingerprint density at radius 3 is 2.70 bits per heavy atom. The number of hydrogen-bond donors (Lipinski definition) is 3. The fourth-order valence-electron chi connectivity index (χ4n) is 4.38. The molecule has 4 atom stereocenters. The largest absolute Gasteiger partial charge is 0.481 e. The Bertz CT molecular complexity index is 1190. The van der Waals surface area contributed by atoms with Crippen molar-refractivity contribution in [1.82, 2.24) is 9.97 Å². The standard InChI is InChI=1S/C21H17FN4O3S/c22-12-5-6-23-16(8-12)24-13-3-4-14-15(9-13)30-21(25-14)26-19(27)17-10-1-2-11(7-10)18(17)20(28)29/h1-6,8-11,17-18H,7H2,(H,23,24)(H,28,29)(H,25,26,27). The molecule has 2 aromatic heterocycles. The molecule has 0 radical (unpaired) electrons. The molecule has 7 nitrogen and oxygen atoms in total. The van der Waals surface area contributed by atoms with Crippen molar-refractivity contribution in [2.75, 3.05) is 10.6 Å². The van der Waals surface area contributed by atoms with Gasteiger partial charge in [-0.2, -0.15) is 0 Å². The van der Waals surface area contributed by atoms with Crippen molar-refractivity contribution >= 4 is 50.1 Å². The maximum atomic E-state index is 13.3. The zero-order chi connectivity index (χ0) is 20.8. The molecule has 152 valence electrons. The highest BCUT2D eigenvalue weighted by molar-refractivity contribution is 7.22. The predicted octanol–water partition coefficient (Wildman–Crippen LogP) is 4.04. The zero-order valence-corrected chi connectivity index (χ0v) is 16.4. The van der Waals surface area contributed by atoms with Crippen LogP contribution in [-0.4, -0.2) is 27.0 Å². The van der Waals surface area contributed by atoms with Crippen LogP contribution in [-0.2, 0) is 9.59 Å². The number of carboxylic acid groups (broad SMARTS) is 1. The highest BCUT2D eigenvalue weighted by Crippen LogP contribution is 2.48. The molecule has 0 saturated heterocycles. The van der Waals surface area contributed by atoms with E-state index in [4.69, 9.17) is 0 Å². The van der Waals surface area contributed by atoms with Gasteiger partial charge >= 0.3 is 5.97 Å². The second kappa shape index (κ2) is 7.17. The number of carbonyl (C=O) groups excluding carboxylic acids is 1. The van der Waals surface area contributed by atoms with Crippen LogP contribution < -0.4 is 10.6 Å². The lowest BCUT2D eigenvalue weighted by Gasteiger charge is -2.23. The number of aliphatic carboxylic acids is 1. The first-order valence-electron chi connectivity index (χ1n) is 9.49. The summed E-state index contributed by atoms with van der Waals surface area (Å²) in [6, 6.07) is 8.00. The summed E-state index contributed by atoms with van der Waals surface area (Å²) >= 11 is 1.30. The van der Waals surface area contributed by atoms with Crippen molar-refractivity contribution in [2.24, 2.45) is 23.7 Å². The van der Waals surface area contributed by atoms with Gasteiger partial charge < -0.3 is 15.7 Å². The summed E-state index contributed by atoms with van der Waals surface area (Å²) in [6.45, 7) is 0. The molecule has 4 unspecified atom stereocenters. The highest BCUT2D eigenvalue weighted by Gasteiger charge is 2.51. The maximum Gasteiger partial charge on any atom is 0.307 e. The van der Waals surface area contributed by atoms with Gasteiger partial charge in [-0.1, -0.05) is 23.5 Å². The average Bonchev–Trinajstić information content (AvgIpc) is 3.41. The van der Waals surface area contributed by atoms with E-state index >= 15 is 0 Å². The molecule has 1 fully saturated rings. The molecular formula is C21H17FN4O3S. The van der Waals surface area contributed by atoms with E-state index in [9.17, 15) is 19.1 Å². The van der Waals surface area contributed by atoms with Gasteiger partial charge in [0.25, 0.3) is 0 Å². The number of nitrogens with zero attached hydrogens (tertiary/aromatic N) is 2. The number of carbonyl (C=O) groups is 2. The Kier molecular flexibility index (Phi) is 4.47. The lowest BCUT2D eigenvalue weighted by Crippen LogP contribution is -2.36. The fourth-order valence-corrected chi connectivity index (χ4v) is 5.29. The minimum absolute atomic E-state index is 0.0416. The van der Waals surface area contributed by atoms with Crippen LogP contribution in [0.25, 0.3) is 10.2 Å². The first-order chi connectivity index (χ1) is 14.5. The number of rotatable bonds is 5. The summed E-state index contributed by atoms with van der Waals surface area (Å²) in [5.41, 5.74) is 1.42. The molecule has 5 rings (SSSR count). The Morgan fingerprint density at radius 1 is 1.13 bits per heavy atom. The van der Waals surface area contributed by atoms with Crippen molar-refractivity contribution < 1.29 is 19.1 Å². The number of carboxylic acids is 1. The summed E-state index contributed by atoms with van der Waals surface area (Å²) in [4.78, 5) is 33.0. The SMILES string of the molecule is O=C(O)C1C2C=CC(C2)C1C(=O)Nc1nc2ccc(Nc3cc(F)ccn3)cc2s1. The quantitative estimate of drug-likeness (QED) is 0.534. The molecule has 0 spiro atoms. The molecule has 1 aromatic carbocycles. The zero-order valence-electron chi connectivity index (χ0n) is 15.6. The fraction of sp³-hybridized carbons (Fsp3) is 0.238. The highest BCUT2D eigenvalue weighted by atomic mass is 32.1. The number of thiazole rings is 1. The summed E-state index contributed by atoms with van der Waals surface area (Å²) in [7, 11) is 0. The van der Waals surface area contributed by atoms with Crippen LogP contribution in [0, 0.1) is 29.5 Å². The smallest absolute Gasteiger partial charge is 0.307 e. The number of anilines is 3. The summed E-state index contributed by atoms with van der Waals surface area (Å²) in [6.07, 6.45) is 5.95. The molecule has 3 N–H and O–H groups in total. The van der Waals surface area contributed by atoms with Gasteiger partial charge in [-0.05, 0) is 42.5 Å². The van der Waals surface area contributed by atoms with Gasteiger partial charge in [0, 0.05) is 18.0 Å². The number of benzene rings is 1. The topological polar surface area (TPSA) is 104 Å². The molecule has 30 heavy (non-hydrogen) atoms. The van der Waals surface area contributed by atoms with E-state index in [1.165, 1.54) is 29.7 Å². The van der Waals surface area contributed by atoms with Crippen LogP contribution in [0.4, 0.5) is 21.0 Å². The van der Waals surface area contributed by atoms with Crippen molar-refractivity contribution in [3.8, 4) is 0 Å². The summed E-state index contributed by atoms with van der Waals surface area (Å²) in [5.74, 6) is -2.63. The third-order valence-corrected chi connectivity index (χ3v) is 6.59. The van der Waals surface area contributed by atoms with E-state index in [2.05, 4.69) is 20.6 Å². The van der Waals surface area contributed by atoms with E-state index in [0.717, 1.165) is 4.70 Å². The molecule has 2 heterocycles. The van der Waals surface area contributed by atoms with E-state index in [0.29, 0.717) is 28.6 Å². The second-order valence-corrected chi connectivity index (χ2v) is 8.54. The van der Waals surface area contributed by atoms with Crippen LogP contribution in [0.2, 0.25) is 0 Å². The van der Waals surface area contributed by atoms with Crippen LogP contribution in [0.15, 0.2) is 48.7 Å². The normalized spacial score (nSPS) is 24.3. The van der Waals surface area contributed by atoms with Gasteiger partial charge in [0.15, 0.2) is 5.13 Å². The number of amides is 1. The van der Waals surface area contributed by atoms with Crippen LogP contribution in [0.5, 0.6) is 0 Å². The lowest BCUT2D eigenvalue weighted by molar-refractivity contribution is -0.146. The number of halogens is 1. The Hall–Kier alpha value is -3.33. The van der Waals surface area contributed by atoms with E-state index < -0.39 is 17.8 Å². The van der Waals surface area contributed by atoms with Crippen LogP contribution in [0.1, 0.15) is 6.42 Å². The number of fused-ring (bicyclic) bond motifs is 3. The minimum Gasteiger partial charge on any atom is -0.481 e. The van der Waals surface area contributed by atoms with E-state index in [1.807, 2.05) is 18.2 Å². The first-order valence-corrected chi connectivity index (χ1v) is 10.3. The molecule has 2 bridgehead atoms. The maximum absolute atomic E-state index is 13.3. The van der Waals surface area contributed by atoms with Crippen molar-refractivity contribution in [2.45, 2.75) is 6.42 Å². The van der Waals surface area contributed by atoms with Crippen molar-refractivity contribution in [3.05, 3.63) is 54.5 Å². The van der Waals surface area contributed by atoms with E-state index in [1.54, 1.807) is 12.1 Å². The average molecular weight is 424 g/mol. The third-order valence-electron chi connectivity index (χ3n) is 5.66. The predicted molar refractivity (Wildman–Crippen MR) is 111 cm³/mol. The second-order valence-electron chi connectivity index (χ2n) is 7.51. The summed E-state index contributed by atoms with van der Waals surface area (Å²) in [5, 5.41) is 15.8. The molecule has 2 aliphatic carbocycles. The summed E-state index contributed by atoms with van der Waals surface area (Å²) < 4.78 is 14.2. The molecule has 1 saturated carbocycles. The molecule has 3 aromatic rings. The molecule has 2 aliphatic rings. The number of pyridine rings is 1. The van der Waals surface area contributed by atoms with Gasteiger partial charge in [-0.3, -0.25) is 9.59 Å². The number of hydrogen-bond acceptors (Lipinski definition) is 6. The Labute approximate surface area is 174 Å². The third kappa shape index (κ3) is 3.30. The van der Waals surface area contributed by atoms with Crippen molar-refractivity contribution in [1.29, 1.82) is 0 Å². The van der Waals surface area contributed by atoms with Gasteiger partial charge in [0.05, 0.1) is 22.1 Å². The van der Waals surface area contributed by atoms with Crippen LogP contribution in [0.3, 0.4) is 0 Å². The Balaban J connectivity index is 1.35. The number of aromatic nitrogens is 2. The molecular weight excluding hydrogens is 407 g/mol. The van der Waals surface area contributed by atoms with Crippen molar-refractivity contribution in [3.63, 3.8) is 0 Å². The van der Waals surface area contributed by atoms with Gasteiger partial charge in [-0.15, -0.1) is 0 Å². The van der Waals surface area contributed by atoms with Crippen LogP contribution >= 0.6 is 11.3 Å². The Morgan fingerprint density at radius 2 is 1.93 bits per heavy atom. The first kappa shape index (κ1) is 18.7. The molecule has 0 aliphatic heterocycles. The minimum atomic E-state index is -0.932.